The predicted octanol–water partition coefficient (Wildman–Crippen LogP) is 4.22. The van der Waals surface area contributed by atoms with Gasteiger partial charge in [-0.25, -0.2) is 4.79 Å². The van der Waals surface area contributed by atoms with Crippen LogP contribution in [0.15, 0.2) is 42.0 Å². The molecule has 0 bridgehead atoms. The maximum absolute atomic E-state index is 12.1. The molecule has 0 spiro atoms. The summed E-state index contributed by atoms with van der Waals surface area (Å²) in [6, 6.07) is 10.4. The minimum Gasteiger partial charge on any atom is -0.466 e. The van der Waals surface area contributed by atoms with Crippen molar-refractivity contribution in [1.29, 1.82) is 0 Å². The number of hydrogen-bond acceptors (Lipinski definition) is 5. The number of benzene rings is 1. The molecule has 1 saturated heterocycles. The third kappa shape index (κ3) is 6.79. The van der Waals surface area contributed by atoms with Crippen molar-refractivity contribution in [3.05, 3.63) is 47.5 Å². The van der Waals surface area contributed by atoms with Crippen LogP contribution in [-0.4, -0.2) is 43.1 Å². The van der Waals surface area contributed by atoms with E-state index in [1.165, 1.54) is 5.56 Å². The molecule has 5 nitrogen and oxygen atoms in total. The van der Waals surface area contributed by atoms with E-state index in [1.807, 2.05) is 26.8 Å². The van der Waals surface area contributed by atoms with Crippen LogP contribution in [0.5, 0.6) is 0 Å². The average molecular weight is 390 g/mol. The Bertz CT molecular complexity index is 656. The van der Waals surface area contributed by atoms with Crippen molar-refractivity contribution < 1.29 is 19.1 Å². The molecule has 0 radical (unpaired) electrons. The van der Waals surface area contributed by atoms with Gasteiger partial charge in [0.05, 0.1) is 18.6 Å². The van der Waals surface area contributed by atoms with Crippen LogP contribution < -0.4 is 0 Å². The standard InChI is InChI=1S/C16H23NO2.C7H12O2/c1-4-19-15(18)16(3)12-17(10-13(16)2)11-14-8-6-5-7-9-14;1-4-6(3)7(8)9-5-2/h5-9,13H,4,10-12H2,1-3H3;4H,5H2,1-3H3/b;6-4+/t13-,16-;/m1./s1. The molecular formula is C23H35NO4. The molecule has 0 saturated carbocycles. The van der Waals surface area contributed by atoms with E-state index in [0.717, 1.165) is 19.6 Å². The van der Waals surface area contributed by atoms with Gasteiger partial charge in [-0.3, -0.25) is 9.69 Å². The number of nitrogens with zero attached hydrogens (tertiary/aromatic N) is 1. The molecule has 1 fully saturated rings. The molecule has 1 aliphatic rings. The average Bonchev–Trinajstić information content (AvgIpc) is 2.97. The lowest BCUT2D eigenvalue weighted by atomic mass is 9.81. The fraction of sp³-hybridized carbons (Fsp3) is 0.565. The lowest BCUT2D eigenvalue weighted by Crippen LogP contribution is -2.36. The molecule has 0 aliphatic carbocycles. The summed E-state index contributed by atoms with van der Waals surface area (Å²) < 4.78 is 9.92. The van der Waals surface area contributed by atoms with Crippen LogP contribution in [0, 0.1) is 11.3 Å². The lowest BCUT2D eigenvalue weighted by molar-refractivity contribution is -0.155. The first-order chi connectivity index (χ1) is 13.3. The number of ether oxygens (including phenoxy) is 2. The maximum Gasteiger partial charge on any atom is 0.333 e. The molecule has 1 aromatic carbocycles. The van der Waals surface area contributed by atoms with Crippen LogP contribution in [0.1, 0.15) is 47.1 Å². The molecule has 1 aromatic rings. The summed E-state index contributed by atoms with van der Waals surface area (Å²) in [5.41, 5.74) is 1.59. The normalized spacial score (nSPS) is 22.2. The molecule has 0 amide bonds. The van der Waals surface area contributed by atoms with Gasteiger partial charge in [0, 0.05) is 25.2 Å². The van der Waals surface area contributed by atoms with E-state index < -0.39 is 0 Å². The van der Waals surface area contributed by atoms with Crippen molar-refractivity contribution >= 4 is 11.9 Å². The van der Waals surface area contributed by atoms with Crippen molar-refractivity contribution in [1.82, 2.24) is 4.90 Å². The van der Waals surface area contributed by atoms with Crippen molar-refractivity contribution in [2.45, 2.75) is 48.1 Å². The molecule has 5 heteroatoms. The van der Waals surface area contributed by atoms with Crippen LogP contribution in [0.2, 0.25) is 0 Å². The Labute approximate surface area is 169 Å². The molecule has 28 heavy (non-hydrogen) atoms. The number of allylic oxidation sites excluding steroid dienone is 1. The first-order valence-electron chi connectivity index (χ1n) is 10.0. The van der Waals surface area contributed by atoms with Gasteiger partial charge in [0.1, 0.15) is 0 Å². The summed E-state index contributed by atoms with van der Waals surface area (Å²) in [5, 5.41) is 0. The van der Waals surface area contributed by atoms with E-state index in [4.69, 9.17) is 4.74 Å². The Morgan fingerprint density at radius 2 is 1.79 bits per heavy atom. The zero-order valence-corrected chi connectivity index (χ0v) is 18.2. The largest absolute Gasteiger partial charge is 0.466 e. The van der Waals surface area contributed by atoms with Gasteiger partial charge < -0.3 is 9.47 Å². The van der Waals surface area contributed by atoms with Gasteiger partial charge in [-0.15, -0.1) is 0 Å². The van der Waals surface area contributed by atoms with E-state index in [1.54, 1.807) is 19.9 Å². The minimum atomic E-state index is -0.370. The minimum absolute atomic E-state index is 0.0574. The lowest BCUT2D eigenvalue weighted by Gasteiger charge is -2.25. The summed E-state index contributed by atoms with van der Waals surface area (Å²) in [6.45, 7) is 14.9. The van der Waals surface area contributed by atoms with E-state index in [9.17, 15) is 9.59 Å². The summed E-state index contributed by atoms with van der Waals surface area (Å²) in [7, 11) is 0. The van der Waals surface area contributed by atoms with Crippen LogP contribution in [0.3, 0.4) is 0 Å². The molecule has 2 atom stereocenters. The Hall–Kier alpha value is -2.14. The highest BCUT2D eigenvalue weighted by Gasteiger charge is 2.47. The molecule has 156 valence electrons. The van der Waals surface area contributed by atoms with Crippen LogP contribution in [0.25, 0.3) is 0 Å². The van der Waals surface area contributed by atoms with Gasteiger partial charge in [0.2, 0.25) is 0 Å². The summed E-state index contributed by atoms with van der Waals surface area (Å²) in [6.07, 6.45) is 1.73. The number of carbonyl (C=O) groups is 2. The fourth-order valence-electron chi connectivity index (χ4n) is 3.16. The monoisotopic (exact) mass is 389 g/mol. The quantitative estimate of drug-likeness (QED) is 0.538. The van der Waals surface area contributed by atoms with Gasteiger partial charge in [-0.05, 0) is 46.1 Å². The van der Waals surface area contributed by atoms with Crippen LogP contribution in [0.4, 0.5) is 0 Å². The van der Waals surface area contributed by atoms with Crippen molar-refractivity contribution in [3.63, 3.8) is 0 Å². The SMILES string of the molecule is C/C=C(\C)C(=O)OCC.CCOC(=O)[C@]1(C)CN(Cc2ccccc2)C[C@H]1C. The highest BCUT2D eigenvalue weighted by molar-refractivity contribution is 5.87. The van der Waals surface area contributed by atoms with E-state index in [-0.39, 0.29) is 17.4 Å². The maximum atomic E-state index is 12.1. The Morgan fingerprint density at radius 1 is 1.18 bits per heavy atom. The fourth-order valence-corrected chi connectivity index (χ4v) is 3.16. The van der Waals surface area contributed by atoms with Crippen molar-refractivity contribution in [2.75, 3.05) is 26.3 Å². The van der Waals surface area contributed by atoms with E-state index >= 15 is 0 Å². The number of carbonyl (C=O) groups excluding carboxylic acids is 2. The highest BCUT2D eigenvalue weighted by Crippen LogP contribution is 2.37. The number of rotatable bonds is 6. The molecule has 1 heterocycles. The molecule has 2 rings (SSSR count). The van der Waals surface area contributed by atoms with Gasteiger partial charge in [0.15, 0.2) is 0 Å². The Balaban J connectivity index is 0.000000370. The van der Waals surface area contributed by atoms with Crippen LogP contribution in [-0.2, 0) is 25.6 Å². The number of esters is 2. The third-order valence-corrected chi connectivity index (χ3v) is 5.19. The first kappa shape index (κ1) is 23.9. The van der Waals surface area contributed by atoms with Gasteiger partial charge >= 0.3 is 11.9 Å². The Kier molecular flexibility index (Phi) is 9.94. The topological polar surface area (TPSA) is 55.8 Å². The predicted molar refractivity (Wildman–Crippen MR) is 112 cm³/mol. The summed E-state index contributed by atoms with van der Waals surface area (Å²) in [5.74, 6) is 0.0494. The van der Waals surface area contributed by atoms with Gasteiger partial charge in [-0.2, -0.15) is 0 Å². The molecular weight excluding hydrogens is 354 g/mol. The highest BCUT2D eigenvalue weighted by atomic mass is 16.5. The molecule has 1 aliphatic heterocycles. The van der Waals surface area contributed by atoms with Gasteiger partial charge in [-0.1, -0.05) is 43.3 Å². The zero-order chi connectivity index (χ0) is 21.2. The van der Waals surface area contributed by atoms with E-state index in [0.29, 0.717) is 24.7 Å². The van der Waals surface area contributed by atoms with E-state index in [2.05, 4.69) is 40.8 Å². The zero-order valence-electron chi connectivity index (χ0n) is 18.2. The second-order valence-electron chi connectivity index (χ2n) is 7.39. The smallest absolute Gasteiger partial charge is 0.333 e. The Morgan fingerprint density at radius 3 is 2.32 bits per heavy atom. The molecule has 0 unspecified atom stereocenters. The first-order valence-corrected chi connectivity index (χ1v) is 10.0. The van der Waals surface area contributed by atoms with Crippen LogP contribution >= 0.6 is 0 Å². The van der Waals surface area contributed by atoms with Gasteiger partial charge in [0.25, 0.3) is 0 Å². The second-order valence-corrected chi connectivity index (χ2v) is 7.39. The third-order valence-electron chi connectivity index (χ3n) is 5.19. The summed E-state index contributed by atoms with van der Waals surface area (Å²) in [4.78, 5) is 25.2. The van der Waals surface area contributed by atoms with Crippen molar-refractivity contribution in [2.24, 2.45) is 11.3 Å². The molecule has 0 aromatic heterocycles. The second kappa shape index (κ2) is 11.6. The number of hydrogen-bond donors (Lipinski definition) is 0. The van der Waals surface area contributed by atoms with Crippen molar-refractivity contribution in [3.8, 4) is 0 Å². The summed E-state index contributed by atoms with van der Waals surface area (Å²) >= 11 is 0. The number of likely N-dealkylation sites (tertiary alicyclic amines) is 1. The molecule has 0 N–H and O–H groups in total.